The molecule has 0 heterocycles. The van der Waals surface area contributed by atoms with Gasteiger partial charge in [0.1, 0.15) is 0 Å². The van der Waals surface area contributed by atoms with Gasteiger partial charge in [-0.15, -0.1) is 0 Å². The van der Waals surface area contributed by atoms with E-state index >= 15 is 0 Å². The van der Waals surface area contributed by atoms with Gasteiger partial charge in [0.2, 0.25) is 0 Å². The first-order valence-corrected chi connectivity index (χ1v) is 7.74. The monoisotopic (exact) mass is 259 g/mol. The van der Waals surface area contributed by atoms with Crippen molar-refractivity contribution >= 4 is 17.7 Å². The fourth-order valence-electron chi connectivity index (χ4n) is 2.37. The topological polar surface area (TPSA) is 38.3 Å². The zero-order chi connectivity index (χ0) is 12.8. The van der Waals surface area contributed by atoms with Gasteiger partial charge in [0.05, 0.1) is 13.0 Å². The van der Waals surface area contributed by atoms with E-state index in [1.165, 1.54) is 32.8 Å². The highest BCUT2D eigenvalue weighted by Gasteiger charge is 2.26. The van der Waals surface area contributed by atoms with Gasteiger partial charge in [-0.25, -0.2) is 0 Å². The van der Waals surface area contributed by atoms with Crippen LogP contribution in [-0.2, 0) is 9.53 Å². The average Bonchev–Trinajstić information content (AvgIpc) is 2.37. The molecule has 0 radical (unpaired) electrons. The summed E-state index contributed by atoms with van der Waals surface area (Å²) in [7, 11) is 1.45. The number of carbonyl (C=O) groups is 1. The highest BCUT2D eigenvalue weighted by molar-refractivity contribution is 7.99. The first-order chi connectivity index (χ1) is 8.08. The van der Waals surface area contributed by atoms with E-state index in [0.29, 0.717) is 6.04 Å². The number of nitrogens with one attached hydrogen (secondary N) is 1. The lowest BCUT2D eigenvalue weighted by Crippen LogP contribution is -2.44. The Morgan fingerprint density at radius 1 is 1.29 bits per heavy atom. The van der Waals surface area contributed by atoms with Crippen LogP contribution in [0, 0.1) is 5.92 Å². The number of thioether (sulfide) groups is 1. The van der Waals surface area contributed by atoms with Crippen molar-refractivity contribution < 1.29 is 9.53 Å². The Morgan fingerprint density at radius 3 is 2.35 bits per heavy atom. The van der Waals surface area contributed by atoms with Crippen LogP contribution in [0.15, 0.2) is 0 Å². The van der Waals surface area contributed by atoms with Crippen LogP contribution in [-0.4, -0.2) is 36.7 Å². The molecule has 0 aromatic heterocycles. The molecule has 2 unspecified atom stereocenters. The van der Waals surface area contributed by atoms with Crippen LogP contribution in [0.2, 0.25) is 0 Å². The Balaban J connectivity index is 2.32. The highest BCUT2D eigenvalue weighted by Crippen LogP contribution is 2.27. The predicted octanol–water partition coefficient (Wildman–Crippen LogP) is 2.45. The normalized spacial score (nSPS) is 28.5. The largest absolute Gasteiger partial charge is 0.469 e. The quantitative estimate of drug-likeness (QED) is 0.770. The number of carbonyl (C=O) groups excluding carboxylic acids is 1. The van der Waals surface area contributed by atoms with E-state index in [9.17, 15) is 4.79 Å². The fraction of sp³-hybridized carbons (Fsp3) is 0.923. The van der Waals surface area contributed by atoms with Crippen molar-refractivity contribution in [2.75, 3.05) is 13.4 Å². The van der Waals surface area contributed by atoms with Crippen molar-refractivity contribution in [1.82, 2.24) is 5.32 Å². The van der Waals surface area contributed by atoms with E-state index in [2.05, 4.69) is 18.5 Å². The third-order valence-electron chi connectivity index (χ3n) is 3.83. The molecular formula is C13H25NO2S. The number of hydrogen-bond donors (Lipinski definition) is 1. The summed E-state index contributed by atoms with van der Waals surface area (Å²) in [5, 5.41) is 4.40. The van der Waals surface area contributed by atoms with Gasteiger partial charge < -0.3 is 10.1 Å². The molecule has 17 heavy (non-hydrogen) atoms. The number of ether oxygens (including phenoxy) is 1. The Hall–Kier alpha value is -0.220. The summed E-state index contributed by atoms with van der Waals surface area (Å²) in [6.45, 7) is 4.00. The Bertz CT molecular complexity index is 240. The molecule has 4 heteroatoms. The van der Waals surface area contributed by atoms with Gasteiger partial charge in [0, 0.05) is 17.3 Å². The Morgan fingerprint density at radius 2 is 1.88 bits per heavy atom. The van der Waals surface area contributed by atoms with Crippen molar-refractivity contribution in [3.8, 4) is 0 Å². The van der Waals surface area contributed by atoms with Gasteiger partial charge in [-0.2, -0.15) is 11.8 Å². The van der Waals surface area contributed by atoms with Crippen LogP contribution in [0.5, 0.6) is 0 Å². The highest BCUT2D eigenvalue weighted by atomic mass is 32.2. The predicted molar refractivity (Wildman–Crippen MR) is 73.3 cm³/mol. The number of rotatable bonds is 5. The standard InChI is InChI=1S/C13H25NO2S/c1-9(13(15)16-3)10(2)14-11-5-7-12(17-4)8-6-11/h9-12,14H,5-8H2,1-4H3. The molecule has 1 saturated carbocycles. The molecule has 0 amide bonds. The molecule has 1 fully saturated rings. The summed E-state index contributed by atoms with van der Waals surface area (Å²) < 4.78 is 4.77. The molecule has 2 atom stereocenters. The van der Waals surface area contributed by atoms with Gasteiger partial charge in [-0.3, -0.25) is 4.79 Å². The summed E-state index contributed by atoms with van der Waals surface area (Å²) in [6, 6.07) is 0.763. The molecule has 3 nitrogen and oxygen atoms in total. The summed E-state index contributed by atoms with van der Waals surface area (Å²) in [6.07, 6.45) is 7.23. The molecule has 1 rings (SSSR count). The summed E-state index contributed by atoms with van der Waals surface area (Å²) in [5.74, 6) is -0.193. The minimum absolute atomic E-state index is 0.0710. The second-order valence-corrected chi connectivity index (χ2v) is 6.11. The first-order valence-electron chi connectivity index (χ1n) is 6.45. The molecule has 0 saturated heterocycles. The smallest absolute Gasteiger partial charge is 0.309 e. The van der Waals surface area contributed by atoms with Crippen LogP contribution < -0.4 is 5.32 Å². The molecule has 100 valence electrons. The third kappa shape index (κ3) is 4.51. The van der Waals surface area contributed by atoms with Crippen LogP contribution in [0.1, 0.15) is 39.5 Å². The van der Waals surface area contributed by atoms with Crippen LogP contribution in [0.3, 0.4) is 0 Å². The summed E-state index contributed by atoms with van der Waals surface area (Å²) in [4.78, 5) is 11.4. The van der Waals surface area contributed by atoms with Crippen molar-refractivity contribution in [2.45, 2.75) is 56.9 Å². The zero-order valence-corrected chi connectivity index (χ0v) is 12.2. The second kappa shape index (κ2) is 7.27. The van der Waals surface area contributed by atoms with Crippen LogP contribution in [0.4, 0.5) is 0 Å². The second-order valence-electron chi connectivity index (χ2n) is 4.98. The number of hydrogen-bond acceptors (Lipinski definition) is 4. The van der Waals surface area contributed by atoms with E-state index in [4.69, 9.17) is 4.74 Å². The lowest BCUT2D eigenvalue weighted by atomic mass is 9.93. The molecule has 0 aromatic carbocycles. The van der Waals surface area contributed by atoms with Gasteiger partial charge in [0.15, 0.2) is 0 Å². The van der Waals surface area contributed by atoms with Gasteiger partial charge in [-0.05, 0) is 38.9 Å². The summed E-state index contributed by atoms with van der Waals surface area (Å²) >= 11 is 1.98. The lowest BCUT2D eigenvalue weighted by Gasteiger charge is -2.31. The van der Waals surface area contributed by atoms with Crippen LogP contribution in [0.25, 0.3) is 0 Å². The van der Waals surface area contributed by atoms with Crippen molar-refractivity contribution in [3.63, 3.8) is 0 Å². The van der Waals surface area contributed by atoms with Gasteiger partial charge >= 0.3 is 5.97 Å². The maximum Gasteiger partial charge on any atom is 0.309 e. The average molecular weight is 259 g/mol. The van der Waals surface area contributed by atoms with Gasteiger partial charge in [0.25, 0.3) is 0 Å². The van der Waals surface area contributed by atoms with Gasteiger partial charge in [-0.1, -0.05) is 6.92 Å². The molecule has 0 aliphatic heterocycles. The fourth-order valence-corrected chi connectivity index (χ4v) is 3.11. The number of esters is 1. The van der Waals surface area contributed by atoms with E-state index < -0.39 is 0 Å². The maximum atomic E-state index is 11.4. The van der Waals surface area contributed by atoms with E-state index in [1.807, 2.05) is 18.7 Å². The van der Waals surface area contributed by atoms with Crippen molar-refractivity contribution in [2.24, 2.45) is 5.92 Å². The maximum absolute atomic E-state index is 11.4. The Kier molecular flexibility index (Phi) is 6.34. The minimum atomic E-state index is -0.122. The molecule has 0 spiro atoms. The molecule has 0 bridgehead atoms. The van der Waals surface area contributed by atoms with Crippen molar-refractivity contribution in [1.29, 1.82) is 0 Å². The minimum Gasteiger partial charge on any atom is -0.469 e. The number of methoxy groups -OCH3 is 1. The Labute approximate surface area is 109 Å². The molecular weight excluding hydrogens is 234 g/mol. The molecule has 1 aliphatic carbocycles. The van der Waals surface area contributed by atoms with Crippen molar-refractivity contribution in [3.05, 3.63) is 0 Å². The van der Waals surface area contributed by atoms with E-state index in [1.54, 1.807) is 0 Å². The summed E-state index contributed by atoms with van der Waals surface area (Å²) in [5.41, 5.74) is 0. The van der Waals surface area contributed by atoms with E-state index in [0.717, 1.165) is 5.25 Å². The zero-order valence-electron chi connectivity index (χ0n) is 11.4. The third-order valence-corrected chi connectivity index (χ3v) is 4.97. The van der Waals surface area contributed by atoms with E-state index in [-0.39, 0.29) is 17.9 Å². The lowest BCUT2D eigenvalue weighted by molar-refractivity contribution is -0.145. The SMILES string of the molecule is COC(=O)C(C)C(C)NC1CCC(SC)CC1. The molecule has 1 N–H and O–H groups in total. The first kappa shape index (κ1) is 14.8. The molecule has 1 aliphatic rings. The molecule has 0 aromatic rings. The van der Waals surface area contributed by atoms with Crippen LogP contribution >= 0.6 is 11.8 Å².